The lowest BCUT2D eigenvalue weighted by atomic mass is 10.1. The summed E-state index contributed by atoms with van der Waals surface area (Å²) in [4.78, 5) is 25.4. The van der Waals surface area contributed by atoms with Crippen molar-refractivity contribution in [1.82, 2.24) is 10.2 Å². The van der Waals surface area contributed by atoms with Crippen molar-refractivity contribution in [2.75, 3.05) is 13.1 Å². The van der Waals surface area contributed by atoms with Crippen LogP contribution < -0.4 is 5.32 Å². The lowest BCUT2D eigenvalue weighted by molar-refractivity contribution is -0.130. The molecule has 0 saturated carbocycles. The van der Waals surface area contributed by atoms with Crippen LogP contribution in [0.4, 0.5) is 4.39 Å². The maximum Gasteiger partial charge on any atom is 0.251 e. The fraction of sp³-hybridized carbons (Fsp3) is 0.438. The van der Waals surface area contributed by atoms with E-state index in [4.69, 9.17) is 5.26 Å². The van der Waals surface area contributed by atoms with Crippen molar-refractivity contribution in [2.24, 2.45) is 0 Å². The molecule has 1 N–H and O–H groups in total. The summed E-state index contributed by atoms with van der Waals surface area (Å²) in [5, 5.41) is 11.5. The molecule has 0 aliphatic carbocycles. The van der Waals surface area contributed by atoms with E-state index in [1.54, 1.807) is 37.3 Å². The van der Waals surface area contributed by atoms with Crippen LogP contribution in [0.5, 0.6) is 0 Å². The Morgan fingerprint density at radius 3 is 2.73 bits per heavy atom. The lowest BCUT2D eigenvalue weighted by Gasteiger charge is -2.20. The summed E-state index contributed by atoms with van der Waals surface area (Å²) in [6.07, 6.45) is 0.125. The average molecular weight is 303 g/mol. The van der Waals surface area contributed by atoms with E-state index >= 15 is 0 Å². The molecule has 0 bridgehead atoms. The number of nitriles is 1. The number of hydrogen-bond acceptors (Lipinski definition) is 3. The van der Waals surface area contributed by atoms with Crippen LogP contribution in [0.3, 0.4) is 0 Å². The van der Waals surface area contributed by atoms with Crippen molar-refractivity contribution in [3.63, 3.8) is 0 Å². The Kier molecular flexibility index (Phi) is 4.76. The highest BCUT2D eigenvalue weighted by Crippen LogP contribution is 2.25. The third-order valence-electron chi connectivity index (χ3n) is 3.67. The van der Waals surface area contributed by atoms with Crippen LogP contribution in [0.1, 0.15) is 30.1 Å². The molecule has 1 aliphatic heterocycles. The molecular weight excluding hydrogens is 285 g/mol. The number of nitrogens with one attached hydrogen (secondary N) is 1. The van der Waals surface area contributed by atoms with E-state index < -0.39 is 5.67 Å². The first-order chi connectivity index (χ1) is 10.4. The van der Waals surface area contributed by atoms with Gasteiger partial charge in [-0.2, -0.15) is 5.26 Å². The predicted octanol–water partition coefficient (Wildman–Crippen LogP) is 1.66. The van der Waals surface area contributed by atoms with Gasteiger partial charge in [0.15, 0.2) is 0 Å². The Morgan fingerprint density at radius 2 is 2.14 bits per heavy atom. The van der Waals surface area contributed by atoms with E-state index in [2.05, 4.69) is 5.32 Å². The van der Waals surface area contributed by atoms with Gasteiger partial charge in [-0.05, 0) is 19.1 Å². The van der Waals surface area contributed by atoms with Gasteiger partial charge in [-0.15, -0.1) is 0 Å². The average Bonchev–Trinajstić information content (AvgIpc) is 2.91. The molecule has 0 radical (unpaired) electrons. The summed E-state index contributed by atoms with van der Waals surface area (Å²) in [5.41, 5.74) is -1.41. The van der Waals surface area contributed by atoms with Crippen molar-refractivity contribution in [3.8, 4) is 6.07 Å². The molecule has 0 spiro atoms. The second-order valence-corrected chi connectivity index (χ2v) is 5.59. The largest absolute Gasteiger partial charge is 0.349 e. The van der Waals surface area contributed by atoms with Crippen LogP contribution in [0.2, 0.25) is 0 Å². The molecule has 0 aromatic heterocycles. The van der Waals surface area contributed by atoms with Crippen molar-refractivity contribution < 1.29 is 14.0 Å². The Bertz CT molecular complexity index is 599. The standard InChI is InChI=1S/C16H18FN3O2/c1-12(19-15(22)13-5-3-2-4-6-13)9-14(21)20-8-7-16(17,10-18)11-20/h2-6,12H,7-9,11H2,1H3,(H,19,22)/t12-,16+/m1/s1. The molecule has 1 aliphatic rings. The Morgan fingerprint density at radius 1 is 1.45 bits per heavy atom. The quantitative estimate of drug-likeness (QED) is 0.919. The van der Waals surface area contributed by atoms with Crippen LogP contribution in [0.15, 0.2) is 30.3 Å². The van der Waals surface area contributed by atoms with Crippen LogP contribution in [-0.4, -0.2) is 41.5 Å². The minimum atomic E-state index is -1.94. The molecule has 1 saturated heterocycles. The summed E-state index contributed by atoms with van der Waals surface area (Å²) < 4.78 is 13.8. The molecule has 1 heterocycles. The van der Waals surface area contributed by atoms with Crippen molar-refractivity contribution in [1.29, 1.82) is 5.26 Å². The Balaban J connectivity index is 1.85. The molecule has 5 nitrogen and oxygen atoms in total. The minimum absolute atomic E-state index is 0.0417. The zero-order valence-electron chi connectivity index (χ0n) is 12.4. The number of hydrogen-bond donors (Lipinski definition) is 1. The monoisotopic (exact) mass is 303 g/mol. The van der Waals surface area contributed by atoms with Gasteiger partial charge in [-0.25, -0.2) is 4.39 Å². The van der Waals surface area contributed by atoms with E-state index in [0.717, 1.165) is 0 Å². The van der Waals surface area contributed by atoms with Crippen LogP contribution in [-0.2, 0) is 4.79 Å². The fourth-order valence-electron chi connectivity index (χ4n) is 2.42. The zero-order valence-corrected chi connectivity index (χ0v) is 12.4. The lowest BCUT2D eigenvalue weighted by Crippen LogP contribution is -2.39. The molecule has 2 amide bonds. The maximum absolute atomic E-state index is 13.8. The van der Waals surface area contributed by atoms with E-state index in [1.807, 2.05) is 6.07 Å². The molecular formula is C16H18FN3O2. The Hall–Kier alpha value is -2.42. The number of halogens is 1. The van der Waals surface area contributed by atoms with Gasteiger partial charge in [0.1, 0.15) is 6.07 Å². The smallest absolute Gasteiger partial charge is 0.251 e. The highest BCUT2D eigenvalue weighted by Gasteiger charge is 2.40. The molecule has 2 rings (SSSR count). The van der Waals surface area contributed by atoms with E-state index in [9.17, 15) is 14.0 Å². The molecule has 116 valence electrons. The minimum Gasteiger partial charge on any atom is -0.349 e. The Labute approximate surface area is 128 Å². The van der Waals surface area contributed by atoms with Gasteiger partial charge in [0.2, 0.25) is 11.6 Å². The van der Waals surface area contributed by atoms with Gasteiger partial charge in [0.05, 0.1) is 6.54 Å². The van der Waals surface area contributed by atoms with Crippen molar-refractivity contribution in [2.45, 2.75) is 31.5 Å². The molecule has 22 heavy (non-hydrogen) atoms. The molecule has 1 aromatic carbocycles. The van der Waals surface area contributed by atoms with Crippen LogP contribution in [0, 0.1) is 11.3 Å². The van der Waals surface area contributed by atoms with Gasteiger partial charge in [0.25, 0.3) is 5.91 Å². The highest BCUT2D eigenvalue weighted by atomic mass is 19.1. The van der Waals surface area contributed by atoms with E-state index in [0.29, 0.717) is 5.56 Å². The van der Waals surface area contributed by atoms with Gasteiger partial charge in [0, 0.05) is 31.0 Å². The van der Waals surface area contributed by atoms with Gasteiger partial charge >= 0.3 is 0 Å². The summed E-state index contributed by atoms with van der Waals surface area (Å²) in [6, 6.07) is 9.95. The number of amides is 2. The molecule has 6 heteroatoms. The number of benzene rings is 1. The number of alkyl halides is 1. The summed E-state index contributed by atoms with van der Waals surface area (Å²) >= 11 is 0. The summed E-state index contributed by atoms with van der Waals surface area (Å²) in [7, 11) is 0. The number of rotatable bonds is 4. The maximum atomic E-state index is 13.8. The predicted molar refractivity (Wildman–Crippen MR) is 78.6 cm³/mol. The van der Waals surface area contributed by atoms with Gasteiger partial charge in [-0.3, -0.25) is 9.59 Å². The third kappa shape index (κ3) is 3.82. The normalized spacial score (nSPS) is 22.0. The first kappa shape index (κ1) is 16.0. The van der Waals surface area contributed by atoms with Gasteiger partial charge < -0.3 is 10.2 Å². The van der Waals surface area contributed by atoms with Crippen LogP contribution in [0.25, 0.3) is 0 Å². The molecule has 2 atom stereocenters. The molecule has 1 fully saturated rings. The highest BCUT2D eigenvalue weighted by molar-refractivity contribution is 5.94. The first-order valence-corrected chi connectivity index (χ1v) is 7.17. The number of likely N-dealkylation sites (tertiary alicyclic amines) is 1. The zero-order chi connectivity index (χ0) is 16.2. The molecule has 0 unspecified atom stereocenters. The number of carbonyl (C=O) groups is 2. The van der Waals surface area contributed by atoms with E-state index in [-0.39, 0.29) is 43.8 Å². The van der Waals surface area contributed by atoms with Crippen LogP contribution >= 0.6 is 0 Å². The van der Waals surface area contributed by atoms with Gasteiger partial charge in [-0.1, -0.05) is 18.2 Å². The fourth-order valence-corrected chi connectivity index (χ4v) is 2.42. The van der Waals surface area contributed by atoms with E-state index in [1.165, 1.54) is 4.90 Å². The topological polar surface area (TPSA) is 73.2 Å². The first-order valence-electron chi connectivity index (χ1n) is 7.17. The third-order valence-corrected chi connectivity index (χ3v) is 3.67. The SMILES string of the molecule is C[C@H](CC(=O)N1CC[C@](F)(C#N)C1)NC(=O)c1ccccc1. The summed E-state index contributed by atoms with van der Waals surface area (Å²) in [6.45, 7) is 1.77. The second-order valence-electron chi connectivity index (χ2n) is 5.59. The number of carbonyl (C=O) groups excluding carboxylic acids is 2. The van der Waals surface area contributed by atoms with Crippen molar-refractivity contribution in [3.05, 3.63) is 35.9 Å². The number of nitrogens with zero attached hydrogens (tertiary/aromatic N) is 2. The summed E-state index contributed by atoms with van der Waals surface area (Å²) in [5.74, 6) is -0.505. The molecule has 1 aromatic rings. The van der Waals surface area contributed by atoms with Crippen molar-refractivity contribution >= 4 is 11.8 Å². The second kappa shape index (κ2) is 6.56.